The van der Waals surface area contributed by atoms with Crippen molar-refractivity contribution in [1.29, 1.82) is 5.41 Å². The van der Waals surface area contributed by atoms with Crippen molar-refractivity contribution in [2.45, 2.75) is 4.90 Å². The maximum atomic E-state index is 10.8. The second kappa shape index (κ2) is 3.04. The number of benzene rings is 1. The quantitative estimate of drug-likeness (QED) is 0.649. The molecule has 0 fully saturated rings. The van der Waals surface area contributed by atoms with Gasteiger partial charge in [-0.2, -0.15) is 0 Å². The van der Waals surface area contributed by atoms with E-state index in [1.54, 1.807) is 0 Å². The molecule has 0 aliphatic heterocycles. The van der Waals surface area contributed by atoms with Crippen LogP contribution in [0.5, 0.6) is 0 Å². The zero-order valence-corrected chi connectivity index (χ0v) is 7.01. The van der Waals surface area contributed by atoms with E-state index in [1.807, 2.05) is 0 Å². The van der Waals surface area contributed by atoms with E-state index in [0.717, 1.165) is 6.21 Å². The smallest absolute Gasteiger partial charge is 0.238 e. The van der Waals surface area contributed by atoms with Crippen molar-refractivity contribution in [3.8, 4) is 0 Å². The second-order valence-corrected chi connectivity index (χ2v) is 3.82. The molecular weight excluding hydrogens is 176 g/mol. The van der Waals surface area contributed by atoms with Crippen LogP contribution in [0.3, 0.4) is 0 Å². The van der Waals surface area contributed by atoms with Gasteiger partial charge in [-0.3, -0.25) is 0 Å². The number of primary sulfonamides is 1. The van der Waals surface area contributed by atoms with Crippen LogP contribution in [0, 0.1) is 5.41 Å². The number of rotatable bonds is 2. The van der Waals surface area contributed by atoms with Crippen molar-refractivity contribution in [3.63, 3.8) is 0 Å². The van der Waals surface area contributed by atoms with Gasteiger partial charge in [-0.25, -0.2) is 13.6 Å². The van der Waals surface area contributed by atoms with Crippen molar-refractivity contribution in [2.24, 2.45) is 5.14 Å². The van der Waals surface area contributed by atoms with Crippen LogP contribution in [0.25, 0.3) is 0 Å². The van der Waals surface area contributed by atoms with Gasteiger partial charge in [0.2, 0.25) is 10.0 Å². The molecule has 4 nitrogen and oxygen atoms in total. The maximum absolute atomic E-state index is 10.8. The van der Waals surface area contributed by atoms with Crippen molar-refractivity contribution in [1.82, 2.24) is 0 Å². The fourth-order valence-corrected chi connectivity index (χ4v) is 1.27. The first kappa shape index (κ1) is 8.89. The average Bonchev–Trinajstić information content (AvgIpc) is 2.03. The predicted octanol–water partition coefficient (Wildman–Crippen LogP) is 0.332. The lowest BCUT2D eigenvalue weighted by Crippen LogP contribution is -2.11. The zero-order chi connectivity index (χ0) is 9.19. The van der Waals surface area contributed by atoms with Crippen LogP contribution >= 0.6 is 0 Å². The standard InChI is InChI=1S/C7H8N2O2S/c8-5-6-1-3-7(4-2-6)12(9,10)11/h1-5,8H,(H2,9,10,11). The lowest BCUT2D eigenvalue weighted by Gasteiger charge is -1.96. The molecule has 0 amide bonds. The molecule has 12 heavy (non-hydrogen) atoms. The molecular formula is C7H8N2O2S. The predicted molar refractivity (Wildman–Crippen MR) is 45.7 cm³/mol. The second-order valence-electron chi connectivity index (χ2n) is 2.26. The van der Waals surface area contributed by atoms with Gasteiger partial charge in [0.25, 0.3) is 0 Å². The molecule has 0 aromatic heterocycles. The van der Waals surface area contributed by atoms with E-state index >= 15 is 0 Å². The van der Waals surface area contributed by atoms with Crippen molar-refractivity contribution < 1.29 is 8.42 Å². The van der Waals surface area contributed by atoms with Crippen LogP contribution in [0.1, 0.15) is 5.56 Å². The fraction of sp³-hybridized carbons (Fsp3) is 0. The Hall–Kier alpha value is -1.20. The summed E-state index contributed by atoms with van der Waals surface area (Å²) in [5, 5.41) is 11.7. The number of nitrogens with two attached hydrogens (primary N) is 1. The Labute approximate surface area is 70.6 Å². The summed E-state index contributed by atoms with van der Waals surface area (Å²) in [6.45, 7) is 0. The van der Waals surface area contributed by atoms with Crippen LogP contribution in [-0.2, 0) is 10.0 Å². The van der Waals surface area contributed by atoms with Crippen LogP contribution in [0.15, 0.2) is 29.2 Å². The summed E-state index contributed by atoms with van der Waals surface area (Å²) >= 11 is 0. The average molecular weight is 184 g/mol. The highest BCUT2D eigenvalue weighted by Gasteiger charge is 2.05. The molecule has 0 bridgehead atoms. The van der Waals surface area contributed by atoms with E-state index in [4.69, 9.17) is 10.5 Å². The molecule has 1 rings (SSSR count). The van der Waals surface area contributed by atoms with Gasteiger partial charge >= 0.3 is 0 Å². The highest BCUT2D eigenvalue weighted by molar-refractivity contribution is 7.89. The first-order chi connectivity index (χ1) is 5.54. The largest absolute Gasteiger partial charge is 0.308 e. The van der Waals surface area contributed by atoms with Gasteiger partial charge in [0.05, 0.1) is 4.90 Å². The summed E-state index contributed by atoms with van der Waals surface area (Å²) < 4.78 is 21.5. The highest BCUT2D eigenvalue weighted by atomic mass is 32.2. The van der Waals surface area contributed by atoms with Crippen molar-refractivity contribution in [3.05, 3.63) is 29.8 Å². The lowest BCUT2D eigenvalue weighted by molar-refractivity contribution is 0.598. The van der Waals surface area contributed by atoms with Crippen LogP contribution in [0.4, 0.5) is 0 Å². The SMILES string of the molecule is N=Cc1ccc(S(N)(=O)=O)cc1. The third kappa shape index (κ3) is 1.90. The Bertz CT molecular complexity index is 380. The molecule has 0 unspecified atom stereocenters. The molecule has 0 radical (unpaired) electrons. The van der Waals surface area contributed by atoms with Gasteiger partial charge in [0.1, 0.15) is 0 Å². The third-order valence-corrected chi connectivity index (χ3v) is 2.30. The van der Waals surface area contributed by atoms with Crippen LogP contribution in [0.2, 0.25) is 0 Å². The van der Waals surface area contributed by atoms with Gasteiger partial charge in [-0.1, -0.05) is 12.1 Å². The zero-order valence-electron chi connectivity index (χ0n) is 6.19. The van der Waals surface area contributed by atoms with Gasteiger partial charge in [0.15, 0.2) is 0 Å². The van der Waals surface area contributed by atoms with Gasteiger partial charge in [-0.15, -0.1) is 0 Å². The fourth-order valence-electron chi connectivity index (χ4n) is 0.754. The summed E-state index contributed by atoms with van der Waals surface area (Å²) in [5.41, 5.74) is 0.641. The Kier molecular flexibility index (Phi) is 2.25. The summed E-state index contributed by atoms with van der Waals surface area (Å²) in [7, 11) is -3.60. The molecule has 0 aliphatic carbocycles. The molecule has 5 heteroatoms. The number of hydrogen-bond donors (Lipinski definition) is 2. The van der Waals surface area contributed by atoms with Crippen molar-refractivity contribution in [2.75, 3.05) is 0 Å². The molecule has 0 heterocycles. The molecule has 1 aromatic carbocycles. The molecule has 0 atom stereocenters. The van der Waals surface area contributed by atoms with E-state index in [2.05, 4.69) is 0 Å². The minimum absolute atomic E-state index is 0.0631. The van der Waals surface area contributed by atoms with E-state index in [-0.39, 0.29) is 4.90 Å². The summed E-state index contributed by atoms with van der Waals surface area (Å²) in [4.78, 5) is 0.0631. The Morgan fingerprint density at radius 1 is 1.25 bits per heavy atom. The summed E-state index contributed by atoms with van der Waals surface area (Å²) in [6, 6.07) is 5.78. The van der Waals surface area contributed by atoms with Crippen LogP contribution in [-0.4, -0.2) is 14.6 Å². The topological polar surface area (TPSA) is 84.0 Å². The first-order valence-electron chi connectivity index (χ1n) is 3.17. The molecule has 0 spiro atoms. The van der Waals surface area contributed by atoms with E-state index in [9.17, 15) is 8.42 Å². The normalized spacial score (nSPS) is 11.1. The molecule has 64 valence electrons. The molecule has 0 saturated carbocycles. The monoisotopic (exact) mass is 184 g/mol. The Morgan fingerprint density at radius 2 is 1.75 bits per heavy atom. The number of hydrogen-bond acceptors (Lipinski definition) is 3. The van der Waals surface area contributed by atoms with Gasteiger partial charge < -0.3 is 5.41 Å². The molecule has 0 saturated heterocycles. The van der Waals surface area contributed by atoms with E-state index < -0.39 is 10.0 Å². The Morgan fingerprint density at radius 3 is 2.08 bits per heavy atom. The van der Waals surface area contributed by atoms with E-state index in [1.165, 1.54) is 24.3 Å². The molecule has 0 aliphatic rings. The van der Waals surface area contributed by atoms with E-state index in [0.29, 0.717) is 5.56 Å². The molecule has 1 aromatic rings. The molecule has 3 N–H and O–H groups in total. The third-order valence-electron chi connectivity index (χ3n) is 1.38. The lowest BCUT2D eigenvalue weighted by atomic mass is 10.2. The number of sulfonamides is 1. The van der Waals surface area contributed by atoms with Crippen LogP contribution < -0.4 is 5.14 Å². The minimum atomic E-state index is -3.60. The summed E-state index contributed by atoms with van der Waals surface area (Å²) in [5.74, 6) is 0. The van der Waals surface area contributed by atoms with Gasteiger partial charge in [-0.05, 0) is 17.7 Å². The van der Waals surface area contributed by atoms with Gasteiger partial charge in [0, 0.05) is 6.21 Å². The maximum Gasteiger partial charge on any atom is 0.238 e. The Balaban J connectivity index is 3.17. The minimum Gasteiger partial charge on any atom is -0.308 e. The number of nitrogens with one attached hydrogen (secondary N) is 1. The highest BCUT2D eigenvalue weighted by Crippen LogP contribution is 2.06. The first-order valence-corrected chi connectivity index (χ1v) is 4.72. The summed E-state index contributed by atoms with van der Waals surface area (Å²) in [6.07, 6.45) is 1.13. The van der Waals surface area contributed by atoms with Crippen molar-refractivity contribution >= 4 is 16.2 Å².